The molecule has 1 amide bonds. The molecule has 0 aliphatic carbocycles. The van der Waals surface area contributed by atoms with Crippen LogP contribution >= 0.6 is 11.3 Å². The second-order valence-electron chi connectivity index (χ2n) is 8.64. The Morgan fingerprint density at radius 1 is 1.03 bits per heavy atom. The van der Waals surface area contributed by atoms with E-state index < -0.39 is 17.7 Å². The van der Waals surface area contributed by atoms with Gasteiger partial charge >= 0.3 is 0 Å². The van der Waals surface area contributed by atoms with Crippen molar-refractivity contribution in [2.75, 3.05) is 12.0 Å². The van der Waals surface area contributed by atoms with Crippen LogP contribution in [0.4, 0.5) is 5.69 Å². The summed E-state index contributed by atoms with van der Waals surface area (Å²) in [5.41, 5.74) is 2.98. The standard InChI is InChI=1S/C28H20N6O4S/c1-38-21-11-9-17(10-12-21)24(35)22-23(16-5-7-18(8-6-16)27-29-13-14-39-27)34(28(37)25(22)36)20-4-2-3-19(15-20)26-30-32-33-31-26/h2-15,23,35H,1H3,(H,30,31,32,33)/b24-22+. The number of H-pyrrole nitrogens is 1. The minimum atomic E-state index is -0.891. The van der Waals surface area contributed by atoms with Gasteiger partial charge < -0.3 is 9.84 Å². The summed E-state index contributed by atoms with van der Waals surface area (Å²) in [7, 11) is 1.54. The maximum atomic E-state index is 13.5. The zero-order valence-electron chi connectivity index (χ0n) is 20.5. The van der Waals surface area contributed by atoms with Gasteiger partial charge in [0.25, 0.3) is 11.7 Å². The molecule has 192 valence electrons. The highest BCUT2D eigenvalue weighted by molar-refractivity contribution is 7.13. The van der Waals surface area contributed by atoms with Crippen molar-refractivity contribution in [1.29, 1.82) is 0 Å². The summed E-state index contributed by atoms with van der Waals surface area (Å²) in [6.07, 6.45) is 1.73. The molecule has 3 aromatic carbocycles. The van der Waals surface area contributed by atoms with Gasteiger partial charge in [-0.1, -0.05) is 36.4 Å². The molecular formula is C28H20N6O4S. The number of anilines is 1. The van der Waals surface area contributed by atoms with E-state index in [1.807, 2.05) is 29.6 Å². The number of methoxy groups -OCH3 is 1. The van der Waals surface area contributed by atoms with Gasteiger partial charge in [0.2, 0.25) is 5.82 Å². The van der Waals surface area contributed by atoms with Crippen molar-refractivity contribution in [3.05, 3.63) is 101 Å². The van der Waals surface area contributed by atoms with Crippen molar-refractivity contribution in [2.24, 2.45) is 0 Å². The van der Waals surface area contributed by atoms with Crippen LogP contribution < -0.4 is 9.64 Å². The van der Waals surface area contributed by atoms with Crippen LogP contribution in [0.3, 0.4) is 0 Å². The smallest absolute Gasteiger partial charge is 0.300 e. The van der Waals surface area contributed by atoms with Gasteiger partial charge in [-0.3, -0.25) is 14.5 Å². The van der Waals surface area contributed by atoms with Gasteiger partial charge in [0.1, 0.15) is 16.5 Å². The predicted molar refractivity (Wildman–Crippen MR) is 145 cm³/mol. The Balaban J connectivity index is 1.50. The van der Waals surface area contributed by atoms with Crippen molar-refractivity contribution in [1.82, 2.24) is 25.6 Å². The highest BCUT2D eigenvalue weighted by atomic mass is 32.1. The average molecular weight is 537 g/mol. The van der Waals surface area contributed by atoms with Gasteiger partial charge in [-0.25, -0.2) is 4.98 Å². The highest BCUT2D eigenvalue weighted by Gasteiger charge is 2.47. The molecular weight excluding hydrogens is 516 g/mol. The van der Waals surface area contributed by atoms with Crippen LogP contribution in [0, 0.1) is 0 Å². The number of aliphatic hydroxyl groups excluding tert-OH is 1. The fraction of sp³-hybridized carbons (Fsp3) is 0.0714. The molecule has 3 heterocycles. The molecule has 1 aliphatic heterocycles. The molecule has 0 saturated carbocycles. The molecule has 2 aromatic heterocycles. The molecule has 1 saturated heterocycles. The van der Waals surface area contributed by atoms with E-state index in [1.54, 1.807) is 61.8 Å². The average Bonchev–Trinajstić information content (AvgIpc) is 3.76. The number of tetrazole rings is 1. The number of ether oxygens (including phenoxy) is 1. The number of hydrogen-bond donors (Lipinski definition) is 2. The van der Waals surface area contributed by atoms with Crippen molar-refractivity contribution < 1.29 is 19.4 Å². The zero-order valence-corrected chi connectivity index (χ0v) is 21.3. The van der Waals surface area contributed by atoms with Crippen LogP contribution in [-0.2, 0) is 9.59 Å². The number of carbonyl (C=O) groups excluding carboxylic acids is 2. The Morgan fingerprint density at radius 3 is 2.49 bits per heavy atom. The summed E-state index contributed by atoms with van der Waals surface area (Å²) in [5.74, 6) is -0.885. The Labute approximate surface area is 226 Å². The van der Waals surface area contributed by atoms with E-state index in [2.05, 4.69) is 25.6 Å². The van der Waals surface area contributed by atoms with Gasteiger partial charge in [-0.05, 0) is 47.2 Å². The van der Waals surface area contributed by atoms with Crippen molar-refractivity contribution in [3.8, 4) is 27.7 Å². The van der Waals surface area contributed by atoms with Crippen molar-refractivity contribution >= 4 is 34.5 Å². The fourth-order valence-corrected chi connectivity index (χ4v) is 5.22. The van der Waals surface area contributed by atoms with Gasteiger partial charge in [0, 0.05) is 34.0 Å². The molecule has 0 bridgehead atoms. The summed E-state index contributed by atoms with van der Waals surface area (Å²) in [4.78, 5) is 32.8. The van der Waals surface area contributed by atoms with Gasteiger partial charge in [-0.2, -0.15) is 5.21 Å². The molecule has 11 heteroatoms. The number of rotatable bonds is 6. The normalized spacial score (nSPS) is 16.5. The molecule has 5 aromatic rings. The monoisotopic (exact) mass is 536 g/mol. The molecule has 39 heavy (non-hydrogen) atoms. The number of nitrogens with zero attached hydrogens (tertiary/aromatic N) is 5. The molecule has 0 radical (unpaired) electrons. The first-order chi connectivity index (χ1) is 19.0. The number of aromatic nitrogens is 5. The largest absolute Gasteiger partial charge is 0.507 e. The number of nitrogens with one attached hydrogen (secondary N) is 1. The quantitative estimate of drug-likeness (QED) is 0.182. The molecule has 0 spiro atoms. The lowest BCUT2D eigenvalue weighted by Crippen LogP contribution is -2.29. The molecule has 1 atom stereocenters. The van der Waals surface area contributed by atoms with Crippen LogP contribution in [0.15, 0.2) is 89.9 Å². The summed E-state index contributed by atoms with van der Waals surface area (Å²) in [6.45, 7) is 0. The van der Waals surface area contributed by atoms with E-state index in [0.29, 0.717) is 34.0 Å². The van der Waals surface area contributed by atoms with Crippen LogP contribution in [0.25, 0.3) is 27.7 Å². The second-order valence-corrected chi connectivity index (χ2v) is 9.54. The van der Waals surface area contributed by atoms with Gasteiger partial charge in [0.15, 0.2) is 0 Å². The predicted octanol–water partition coefficient (Wildman–Crippen LogP) is 4.63. The fourth-order valence-electron chi connectivity index (χ4n) is 4.57. The van der Waals surface area contributed by atoms with Crippen LogP contribution in [0.5, 0.6) is 5.75 Å². The number of benzene rings is 3. The van der Waals surface area contributed by atoms with Crippen molar-refractivity contribution in [3.63, 3.8) is 0 Å². The highest BCUT2D eigenvalue weighted by Crippen LogP contribution is 2.43. The number of aliphatic hydroxyl groups is 1. The lowest BCUT2D eigenvalue weighted by atomic mass is 9.94. The summed E-state index contributed by atoms with van der Waals surface area (Å²) < 4.78 is 5.21. The number of amides is 1. The van der Waals surface area contributed by atoms with Gasteiger partial charge in [0.05, 0.1) is 18.7 Å². The van der Waals surface area contributed by atoms with E-state index >= 15 is 0 Å². The van der Waals surface area contributed by atoms with Gasteiger partial charge in [-0.15, -0.1) is 21.5 Å². The first kappa shape index (κ1) is 24.2. The van der Waals surface area contributed by atoms with E-state index in [0.717, 1.165) is 10.6 Å². The topological polar surface area (TPSA) is 134 Å². The number of hydrogen-bond acceptors (Lipinski definition) is 9. The molecule has 1 fully saturated rings. The van der Waals surface area contributed by atoms with Crippen LogP contribution in [0.1, 0.15) is 17.2 Å². The van der Waals surface area contributed by atoms with E-state index in [-0.39, 0.29) is 11.3 Å². The molecule has 10 nitrogen and oxygen atoms in total. The minimum absolute atomic E-state index is 0.0165. The first-order valence-corrected chi connectivity index (χ1v) is 12.7. The SMILES string of the molecule is COc1ccc(/C(O)=C2\C(=O)C(=O)N(c3cccc(-c4nn[nH]n4)c3)C2c2ccc(-c3nccs3)cc2)cc1. The molecule has 2 N–H and O–H groups in total. The van der Waals surface area contributed by atoms with E-state index in [9.17, 15) is 14.7 Å². The number of Topliss-reactive ketones (excluding diaryl/α,β-unsaturated/α-hetero) is 1. The zero-order chi connectivity index (χ0) is 26.9. The number of aromatic amines is 1. The maximum absolute atomic E-state index is 13.5. The Morgan fingerprint density at radius 2 is 1.82 bits per heavy atom. The first-order valence-electron chi connectivity index (χ1n) is 11.8. The summed E-state index contributed by atoms with van der Waals surface area (Å²) in [5, 5.41) is 28.2. The molecule has 1 aliphatic rings. The van der Waals surface area contributed by atoms with Crippen LogP contribution in [0.2, 0.25) is 0 Å². The summed E-state index contributed by atoms with van der Waals surface area (Å²) in [6, 6.07) is 20.1. The Kier molecular flexibility index (Phi) is 6.17. The summed E-state index contributed by atoms with van der Waals surface area (Å²) >= 11 is 1.51. The second kappa shape index (κ2) is 9.95. The third kappa shape index (κ3) is 4.34. The Bertz CT molecular complexity index is 1680. The molecule has 6 rings (SSSR count). The number of thiazole rings is 1. The minimum Gasteiger partial charge on any atom is -0.507 e. The lowest BCUT2D eigenvalue weighted by Gasteiger charge is -2.26. The number of carbonyl (C=O) groups is 2. The van der Waals surface area contributed by atoms with E-state index in [4.69, 9.17) is 4.74 Å². The number of ketones is 1. The molecule has 1 unspecified atom stereocenters. The lowest BCUT2D eigenvalue weighted by molar-refractivity contribution is -0.132. The van der Waals surface area contributed by atoms with Crippen LogP contribution in [-0.4, -0.2) is 49.5 Å². The third-order valence-corrected chi connectivity index (χ3v) is 7.26. The van der Waals surface area contributed by atoms with Crippen molar-refractivity contribution in [2.45, 2.75) is 6.04 Å². The third-order valence-electron chi connectivity index (χ3n) is 6.44. The van der Waals surface area contributed by atoms with E-state index in [1.165, 1.54) is 16.2 Å². The Hall–Kier alpha value is -5.16. The maximum Gasteiger partial charge on any atom is 0.300 e.